The molecule has 0 heterocycles. The van der Waals surface area contributed by atoms with E-state index in [1.54, 1.807) is 18.7 Å². The predicted molar refractivity (Wildman–Crippen MR) is 92.7 cm³/mol. The number of anilines is 1. The molecule has 0 radical (unpaired) electrons. The van der Waals surface area contributed by atoms with E-state index in [4.69, 9.17) is 4.74 Å². The number of hydrogen-bond acceptors (Lipinski definition) is 3. The van der Waals surface area contributed by atoms with Crippen LogP contribution in [0.3, 0.4) is 0 Å². The molecule has 2 rings (SSSR count). The molecule has 0 aliphatic rings. The molecular weight excluding hydrogens is 294 g/mol. The fraction of sp³-hybridized carbons (Fsp3) is 0.278. The van der Waals surface area contributed by atoms with Gasteiger partial charge in [-0.1, -0.05) is 31.2 Å². The maximum atomic E-state index is 12.3. The first kappa shape index (κ1) is 16.4. The van der Waals surface area contributed by atoms with Crippen molar-refractivity contribution in [3.05, 3.63) is 54.1 Å². The van der Waals surface area contributed by atoms with Crippen LogP contribution in [0, 0.1) is 6.92 Å². The van der Waals surface area contributed by atoms with Gasteiger partial charge in [-0.2, -0.15) is 0 Å². The number of hydrogen-bond donors (Lipinski definition) is 1. The fourth-order valence-electron chi connectivity index (χ4n) is 2.03. The van der Waals surface area contributed by atoms with Gasteiger partial charge < -0.3 is 10.1 Å². The predicted octanol–water partition coefficient (Wildman–Crippen LogP) is 4.51. The van der Waals surface area contributed by atoms with Crippen molar-refractivity contribution in [2.75, 3.05) is 11.1 Å². The lowest BCUT2D eigenvalue weighted by molar-refractivity contribution is -0.122. The van der Waals surface area contributed by atoms with Gasteiger partial charge in [0, 0.05) is 4.90 Å². The number of para-hydroxylation sites is 1. The van der Waals surface area contributed by atoms with Gasteiger partial charge in [0.1, 0.15) is 5.75 Å². The topological polar surface area (TPSA) is 38.3 Å². The molecule has 0 fully saturated rings. The summed E-state index contributed by atoms with van der Waals surface area (Å²) >= 11 is 1.71. The van der Waals surface area contributed by atoms with Crippen LogP contribution in [0.15, 0.2) is 53.4 Å². The second-order valence-electron chi connectivity index (χ2n) is 5.00. The van der Waals surface area contributed by atoms with Gasteiger partial charge in [0.15, 0.2) is 6.10 Å². The smallest absolute Gasteiger partial charge is 0.265 e. The Balaban J connectivity index is 2.02. The van der Waals surface area contributed by atoms with Crippen molar-refractivity contribution < 1.29 is 9.53 Å². The number of carbonyl (C=O) groups is 1. The Kier molecular flexibility index (Phi) is 5.90. The minimum Gasteiger partial charge on any atom is -0.481 e. The maximum Gasteiger partial charge on any atom is 0.265 e. The van der Waals surface area contributed by atoms with Crippen molar-refractivity contribution in [3.63, 3.8) is 0 Å². The van der Waals surface area contributed by atoms with Crippen molar-refractivity contribution in [1.29, 1.82) is 0 Å². The normalized spacial score (nSPS) is 11.8. The van der Waals surface area contributed by atoms with Crippen LogP contribution in [0.1, 0.15) is 19.4 Å². The highest BCUT2D eigenvalue weighted by molar-refractivity contribution is 7.99. The molecule has 0 spiro atoms. The first-order chi connectivity index (χ1) is 10.6. The van der Waals surface area contributed by atoms with E-state index in [1.807, 2.05) is 55.5 Å². The molecule has 1 amide bonds. The van der Waals surface area contributed by atoms with Crippen molar-refractivity contribution in [3.8, 4) is 5.75 Å². The summed E-state index contributed by atoms with van der Waals surface area (Å²) in [4.78, 5) is 13.4. The molecule has 0 unspecified atom stereocenters. The standard InChI is InChI=1S/C18H21NO2S/c1-4-22-17-11-6-5-10-16(17)19-18(20)14(3)21-15-9-7-8-13(2)12-15/h5-12,14H,4H2,1-3H3,(H,19,20)/t14-/m1/s1. The van der Waals surface area contributed by atoms with Crippen LogP contribution in [0.25, 0.3) is 0 Å². The Hall–Kier alpha value is -1.94. The van der Waals surface area contributed by atoms with Crippen molar-refractivity contribution in [2.45, 2.75) is 31.8 Å². The average Bonchev–Trinajstić information content (AvgIpc) is 2.49. The second kappa shape index (κ2) is 7.90. The molecule has 0 aromatic heterocycles. The zero-order chi connectivity index (χ0) is 15.9. The Bertz CT molecular complexity index is 642. The van der Waals surface area contributed by atoms with Crippen LogP contribution in [0.5, 0.6) is 5.75 Å². The highest BCUT2D eigenvalue weighted by Gasteiger charge is 2.16. The van der Waals surface area contributed by atoms with Crippen molar-refractivity contribution in [2.24, 2.45) is 0 Å². The molecule has 0 saturated carbocycles. The molecule has 3 nitrogen and oxygen atoms in total. The highest BCUT2D eigenvalue weighted by atomic mass is 32.2. The lowest BCUT2D eigenvalue weighted by atomic mass is 10.2. The first-order valence-corrected chi connectivity index (χ1v) is 8.34. The number of ether oxygens (including phenoxy) is 1. The van der Waals surface area contributed by atoms with Crippen LogP contribution in [-0.2, 0) is 4.79 Å². The van der Waals surface area contributed by atoms with Gasteiger partial charge in [0.05, 0.1) is 5.69 Å². The summed E-state index contributed by atoms with van der Waals surface area (Å²) in [6.07, 6.45) is -0.554. The third kappa shape index (κ3) is 4.53. The fourth-order valence-corrected chi connectivity index (χ4v) is 2.79. The first-order valence-electron chi connectivity index (χ1n) is 7.36. The largest absolute Gasteiger partial charge is 0.481 e. The number of rotatable bonds is 6. The lowest BCUT2D eigenvalue weighted by Gasteiger charge is -2.16. The van der Waals surface area contributed by atoms with E-state index in [0.29, 0.717) is 5.75 Å². The summed E-state index contributed by atoms with van der Waals surface area (Å²) < 4.78 is 5.71. The number of thioether (sulfide) groups is 1. The molecule has 116 valence electrons. The quantitative estimate of drug-likeness (QED) is 0.797. The summed E-state index contributed by atoms with van der Waals surface area (Å²) in [5.74, 6) is 1.52. The number of amides is 1. The number of benzene rings is 2. The van der Waals surface area contributed by atoms with E-state index in [2.05, 4.69) is 12.2 Å². The monoisotopic (exact) mass is 315 g/mol. The van der Waals surface area contributed by atoms with Crippen LogP contribution >= 0.6 is 11.8 Å². The van der Waals surface area contributed by atoms with Gasteiger partial charge >= 0.3 is 0 Å². The molecular formula is C18H21NO2S. The summed E-state index contributed by atoms with van der Waals surface area (Å²) in [7, 11) is 0. The van der Waals surface area contributed by atoms with Crippen molar-refractivity contribution in [1.82, 2.24) is 0 Å². The molecule has 22 heavy (non-hydrogen) atoms. The van der Waals surface area contributed by atoms with Gasteiger partial charge in [0.2, 0.25) is 0 Å². The molecule has 1 atom stereocenters. The number of carbonyl (C=O) groups excluding carboxylic acids is 1. The summed E-state index contributed by atoms with van der Waals surface area (Å²) in [6.45, 7) is 5.84. The lowest BCUT2D eigenvalue weighted by Crippen LogP contribution is -2.30. The summed E-state index contributed by atoms with van der Waals surface area (Å²) in [5, 5.41) is 2.95. The minimum absolute atomic E-state index is 0.148. The summed E-state index contributed by atoms with van der Waals surface area (Å²) in [5.41, 5.74) is 1.94. The number of nitrogens with one attached hydrogen (secondary N) is 1. The van der Waals surface area contributed by atoms with E-state index in [0.717, 1.165) is 21.9 Å². The molecule has 0 saturated heterocycles. The third-order valence-corrected chi connectivity index (χ3v) is 4.07. The summed E-state index contributed by atoms with van der Waals surface area (Å²) in [6, 6.07) is 15.5. The molecule has 0 aliphatic carbocycles. The molecule has 1 N–H and O–H groups in total. The Morgan fingerprint density at radius 1 is 1.23 bits per heavy atom. The van der Waals surface area contributed by atoms with Gasteiger partial charge in [-0.3, -0.25) is 4.79 Å². The molecule has 4 heteroatoms. The Morgan fingerprint density at radius 2 is 2.00 bits per heavy atom. The highest BCUT2D eigenvalue weighted by Crippen LogP contribution is 2.26. The van der Waals surface area contributed by atoms with Gasteiger partial charge in [-0.25, -0.2) is 0 Å². The molecule has 2 aromatic rings. The zero-order valence-electron chi connectivity index (χ0n) is 13.1. The van der Waals surface area contributed by atoms with Gasteiger partial charge in [-0.05, 0) is 49.4 Å². The molecule has 0 bridgehead atoms. The van der Waals surface area contributed by atoms with E-state index in [-0.39, 0.29) is 5.91 Å². The molecule has 0 aliphatic heterocycles. The second-order valence-corrected chi connectivity index (χ2v) is 6.30. The van der Waals surface area contributed by atoms with Gasteiger partial charge in [-0.15, -0.1) is 11.8 Å². The maximum absolute atomic E-state index is 12.3. The Labute approximate surface area is 136 Å². The van der Waals surface area contributed by atoms with Crippen LogP contribution < -0.4 is 10.1 Å². The molecule has 2 aromatic carbocycles. The van der Waals surface area contributed by atoms with E-state index < -0.39 is 6.10 Å². The van der Waals surface area contributed by atoms with Crippen molar-refractivity contribution >= 4 is 23.4 Å². The van der Waals surface area contributed by atoms with E-state index in [1.165, 1.54) is 0 Å². The Morgan fingerprint density at radius 3 is 2.73 bits per heavy atom. The van der Waals surface area contributed by atoms with Crippen LogP contribution in [0.4, 0.5) is 5.69 Å². The van der Waals surface area contributed by atoms with Crippen LogP contribution in [0.2, 0.25) is 0 Å². The number of aryl methyl sites for hydroxylation is 1. The minimum atomic E-state index is -0.554. The zero-order valence-corrected chi connectivity index (χ0v) is 13.9. The third-order valence-electron chi connectivity index (χ3n) is 3.12. The average molecular weight is 315 g/mol. The van der Waals surface area contributed by atoms with E-state index >= 15 is 0 Å². The van der Waals surface area contributed by atoms with Gasteiger partial charge in [0.25, 0.3) is 5.91 Å². The van der Waals surface area contributed by atoms with E-state index in [9.17, 15) is 4.79 Å². The van der Waals surface area contributed by atoms with Crippen LogP contribution in [-0.4, -0.2) is 17.8 Å². The SMILES string of the molecule is CCSc1ccccc1NC(=O)[C@@H](C)Oc1cccc(C)c1.